The van der Waals surface area contributed by atoms with Crippen LogP contribution in [0.25, 0.3) is 0 Å². The van der Waals surface area contributed by atoms with Crippen LogP contribution in [0.2, 0.25) is 0 Å². The molecule has 0 aliphatic heterocycles. The number of carbonyl (C=O) groups is 5. The zero-order chi connectivity index (χ0) is 17.3. The number of nitrogens with two attached hydrogens (primary N) is 1. The smallest absolute Gasteiger partial charge is 0.326 e. The second-order valence-corrected chi connectivity index (χ2v) is 4.33. The van der Waals surface area contributed by atoms with E-state index in [0.717, 1.165) is 0 Å². The minimum Gasteiger partial charge on any atom is -0.481 e. The number of primary amides is 1. The number of hydrogen-bond donors (Lipinski definition) is 6. The van der Waals surface area contributed by atoms with Crippen LogP contribution in [0.5, 0.6) is 0 Å². The maximum Gasteiger partial charge on any atom is 0.326 e. The SMILES string of the molecule is NC(=O)[C@H](CCC(=O)O)NC(=O)N[C@@H](CCC(=O)O)C(=O)O. The topological polar surface area (TPSA) is 196 Å². The van der Waals surface area contributed by atoms with Crippen molar-refractivity contribution >= 4 is 29.8 Å². The van der Waals surface area contributed by atoms with E-state index in [2.05, 4.69) is 0 Å². The van der Waals surface area contributed by atoms with Gasteiger partial charge >= 0.3 is 23.9 Å². The quantitative estimate of drug-likeness (QED) is 0.274. The van der Waals surface area contributed by atoms with Gasteiger partial charge in [0, 0.05) is 12.8 Å². The van der Waals surface area contributed by atoms with Crippen molar-refractivity contribution in [3.05, 3.63) is 0 Å². The normalized spacial score (nSPS) is 12.7. The standard InChI is InChI=1S/C11H17N3O8/c12-9(19)5(1-3-7(15)16)13-11(22)14-6(10(20)21)2-4-8(17)18/h5-6H,1-4H2,(H2,12,19)(H,15,16)(H,17,18)(H,20,21)(H2,13,14,22)/t5-,6-/m0/s1. The highest BCUT2D eigenvalue weighted by molar-refractivity contribution is 5.88. The molecule has 11 nitrogen and oxygen atoms in total. The fourth-order valence-electron chi connectivity index (χ4n) is 1.44. The molecule has 0 rings (SSSR count). The number of urea groups is 1. The van der Waals surface area contributed by atoms with Gasteiger partial charge < -0.3 is 31.7 Å². The van der Waals surface area contributed by atoms with E-state index >= 15 is 0 Å². The summed E-state index contributed by atoms with van der Waals surface area (Å²) in [6.07, 6.45) is -1.51. The molecule has 0 bridgehead atoms. The predicted molar refractivity (Wildman–Crippen MR) is 69.8 cm³/mol. The highest BCUT2D eigenvalue weighted by Crippen LogP contribution is 2.00. The van der Waals surface area contributed by atoms with E-state index in [-0.39, 0.29) is 12.8 Å². The fraction of sp³-hybridized carbons (Fsp3) is 0.545. The first-order valence-corrected chi connectivity index (χ1v) is 6.16. The monoisotopic (exact) mass is 319 g/mol. The lowest BCUT2D eigenvalue weighted by Crippen LogP contribution is -2.52. The van der Waals surface area contributed by atoms with Gasteiger partial charge in [0.15, 0.2) is 0 Å². The molecule has 0 fully saturated rings. The summed E-state index contributed by atoms with van der Waals surface area (Å²) >= 11 is 0. The number of aliphatic carboxylic acids is 3. The summed E-state index contributed by atoms with van der Waals surface area (Å²) in [4.78, 5) is 54.3. The Kier molecular flexibility index (Phi) is 7.97. The van der Waals surface area contributed by atoms with Crippen molar-refractivity contribution in [2.75, 3.05) is 0 Å². The Morgan fingerprint density at radius 3 is 1.59 bits per heavy atom. The summed E-state index contributed by atoms with van der Waals surface area (Å²) in [6, 6.07) is -3.82. The molecule has 0 aromatic rings. The third-order valence-electron chi connectivity index (χ3n) is 2.55. The van der Waals surface area contributed by atoms with Gasteiger partial charge in [-0.3, -0.25) is 14.4 Å². The van der Waals surface area contributed by atoms with E-state index in [9.17, 15) is 24.0 Å². The zero-order valence-electron chi connectivity index (χ0n) is 11.4. The number of rotatable bonds is 10. The van der Waals surface area contributed by atoms with Crippen molar-refractivity contribution in [3.8, 4) is 0 Å². The Labute approximate surface area is 124 Å². The molecule has 2 atom stereocenters. The number of nitrogens with one attached hydrogen (secondary N) is 2. The summed E-state index contributed by atoms with van der Waals surface area (Å²) in [5.41, 5.74) is 4.99. The third-order valence-corrected chi connectivity index (χ3v) is 2.55. The lowest BCUT2D eigenvalue weighted by Gasteiger charge is -2.18. The summed E-state index contributed by atoms with van der Waals surface area (Å²) in [5, 5.41) is 29.9. The van der Waals surface area contributed by atoms with Crippen molar-refractivity contribution < 1.29 is 39.3 Å². The van der Waals surface area contributed by atoms with Gasteiger partial charge in [-0.25, -0.2) is 9.59 Å². The van der Waals surface area contributed by atoms with Gasteiger partial charge in [0.25, 0.3) is 0 Å². The van der Waals surface area contributed by atoms with Crippen LogP contribution in [0.3, 0.4) is 0 Å². The number of hydrogen-bond acceptors (Lipinski definition) is 5. The van der Waals surface area contributed by atoms with Crippen LogP contribution in [-0.4, -0.2) is 57.2 Å². The van der Waals surface area contributed by atoms with E-state index in [0.29, 0.717) is 0 Å². The van der Waals surface area contributed by atoms with Gasteiger partial charge in [-0.1, -0.05) is 0 Å². The Balaban J connectivity index is 4.57. The molecule has 0 aliphatic carbocycles. The molecule has 22 heavy (non-hydrogen) atoms. The Bertz CT molecular complexity index is 424. The number of carboxylic acids is 3. The van der Waals surface area contributed by atoms with Crippen molar-refractivity contribution in [1.29, 1.82) is 0 Å². The van der Waals surface area contributed by atoms with Crippen molar-refractivity contribution in [2.24, 2.45) is 5.73 Å². The summed E-state index contributed by atoms with van der Waals surface area (Å²) in [7, 11) is 0. The molecule has 0 aromatic carbocycles. The fourth-order valence-corrected chi connectivity index (χ4v) is 1.44. The molecule has 0 saturated carbocycles. The lowest BCUT2D eigenvalue weighted by molar-refractivity contribution is -0.141. The number of carboxylic acid groups (broad SMARTS) is 3. The summed E-state index contributed by atoms with van der Waals surface area (Å²) in [6.45, 7) is 0. The molecule has 0 spiro atoms. The highest BCUT2D eigenvalue weighted by atomic mass is 16.4. The molecule has 11 heteroatoms. The number of amides is 3. The molecular formula is C11H17N3O8. The predicted octanol–water partition coefficient (Wildman–Crippen LogP) is -1.68. The van der Waals surface area contributed by atoms with Gasteiger partial charge in [-0.15, -0.1) is 0 Å². The van der Waals surface area contributed by atoms with Gasteiger partial charge in [-0.2, -0.15) is 0 Å². The van der Waals surface area contributed by atoms with E-state index < -0.39 is 54.8 Å². The molecule has 0 unspecified atom stereocenters. The molecule has 0 aromatic heterocycles. The zero-order valence-corrected chi connectivity index (χ0v) is 11.4. The molecule has 3 amide bonds. The molecule has 0 heterocycles. The van der Waals surface area contributed by atoms with Gasteiger partial charge in [-0.05, 0) is 12.8 Å². The van der Waals surface area contributed by atoms with E-state index in [1.54, 1.807) is 0 Å². The molecular weight excluding hydrogens is 302 g/mol. The minimum atomic E-state index is -1.47. The van der Waals surface area contributed by atoms with Crippen molar-refractivity contribution in [2.45, 2.75) is 37.8 Å². The molecule has 0 aliphatic rings. The second-order valence-electron chi connectivity index (χ2n) is 4.33. The van der Waals surface area contributed by atoms with Gasteiger partial charge in [0.2, 0.25) is 5.91 Å². The third kappa shape index (κ3) is 8.35. The van der Waals surface area contributed by atoms with Crippen LogP contribution >= 0.6 is 0 Å². The van der Waals surface area contributed by atoms with E-state index in [4.69, 9.17) is 21.1 Å². The average molecular weight is 319 g/mol. The van der Waals surface area contributed by atoms with Crippen LogP contribution in [0.15, 0.2) is 0 Å². The second kappa shape index (κ2) is 9.15. The summed E-state index contributed by atoms with van der Waals surface area (Å²) < 4.78 is 0. The van der Waals surface area contributed by atoms with Gasteiger partial charge in [0.1, 0.15) is 12.1 Å². The van der Waals surface area contributed by atoms with Crippen LogP contribution in [-0.2, 0) is 19.2 Å². The van der Waals surface area contributed by atoms with Crippen LogP contribution in [0.4, 0.5) is 4.79 Å². The first kappa shape index (κ1) is 19.1. The Hall–Kier alpha value is -2.85. The molecule has 0 saturated heterocycles. The Morgan fingerprint density at radius 2 is 1.23 bits per heavy atom. The Morgan fingerprint density at radius 1 is 0.818 bits per heavy atom. The molecule has 0 radical (unpaired) electrons. The van der Waals surface area contributed by atoms with Crippen molar-refractivity contribution in [3.63, 3.8) is 0 Å². The average Bonchev–Trinajstić information content (AvgIpc) is 2.38. The maximum absolute atomic E-state index is 11.6. The van der Waals surface area contributed by atoms with E-state index in [1.165, 1.54) is 0 Å². The molecule has 124 valence electrons. The highest BCUT2D eigenvalue weighted by Gasteiger charge is 2.24. The lowest BCUT2D eigenvalue weighted by atomic mass is 10.1. The van der Waals surface area contributed by atoms with E-state index in [1.807, 2.05) is 10.6 Å². The first-order valence-electron chi connectivity index (χ1n) is 6.16. The minimum absolute atomic E-state index is 0.259. The maximum atomic E-state index is 11.6. The van der Waals surface area contributed by atoms with Crippen LogP contribution in [0.1, 0.15) is 25.7 Å². The van der Waals surface area contributed by atoms with Crippen LogP contribution < -0.4 is 16.4 Å². The largest absolute Gasteiger partial charge is 0.481 e. The summed E-state index contributed by atoms with van der Waals surface area (Å²) in [5.74, 6) is -4.85. The van der Waals surface area contributed by atoms with Crippen LogP contribution in [0, 0.1) is 0 Å². The molecule has 7 N–H and O–H groups in total. The van der Waals surface area contributed by atoms with Crippen molar-refractivity contribution in [1.82, 2.24) is 10.6 Å². The number of carbonyl (C=O) groups excluding carboxylic acids is 2. The van der Waals surface area contributed by atoms with Gasteiger partial charge in [0.05, 0.1) is 0 Å². The first-order chi connectivity index (χ1) is 10.1.